The molecule has 4 heteroatoms. The molecule has 22 heavy (non-hydrogen) atoms. The largest absolute Gasteiger partial charge is 0.438 e. The number of amides is 1. The van der Waals surface area contributed by atoms with E-state index in [0.29, 0.717) is 0 Å². The molecule has 114 valence electrons. The monoisotopic (exact) mass is 296 g/mol. The smallest absolute Gasteiger partial charge is 0.412 e. The molecule has 1 saturated carbocycles. The van der Waals surface area contributed by atoms with Gasteiger partial charge in [-0.3, -0.25) is 5.32 Å². The Hall–Kier alpha value is -2.28. The summed E-state index contributed by atoms with van der Waals surface area (Å²) < 4.78 is 5.74. The van der Waals surface area contributed by atoms with Crippen molar-refractivity contribution in [2.24, 2.45) is 0 Å². The molecule has 1 fully saturated rings. The van der Waals surface area contributed by atoms with Crippen LogP contribution in [0.3, 0.4) is 0 Å². The molecule has 0 radical (unpaired) electrons. The van der Waals surface area contributed by atoms with E-state index in [1.54, 1.807) is 6.08 Å². The average molecular weight is 296 g/mol. The number of nitriles is 1. The number of rotatable bonds is 2. The molecule has 3 rings (SSSR count). The average Bonchev–Trinajstić information content (AvgIpc) is 2.53. The second-order valence-electron chi connectivity index (χ2n) is 5.98. The van der Waals surface area contributed by atoms with Crippen molar-refractivity contribution >= 4 is 17.4 Å². The third-order valence-electron chi connectivity index (χ3n) is 4.69. The van der Waals surface area contributed by atoms with Gasteiger partial charge in [0.05, 0.1) is 11.8 Å². The molecule has 0 saturated heterocycles. The number of carbonyl (C=O) groups is 1. The van der Waals surface area contributed by atoms with Gasteiger partial charge in [0.1, 0.15) is 5.60 Å². The van der Waals surface area contributed by atoms with Crippen molar-refractivity contribution in [1.29, 1.82) is 5.26 Å². The summed E-state index contributed by atoms with van der Waals surface area (Å²) in [6.07, 6.45) is 7.13. The Balaban J connectivity index is 2.09. The van der Waals surface area contributed by atoms with Crippen molar-refractivity contribution in [3.05, 3.63) is 35.4 Å². The normalized spacial score (nSPS) is 19.8. The first kappa shape index (κ1) is 14.6. The number of benzene rings is 1. The summed E-state index contributed by atoms with van der Waals surface area (Å²) in [4.78, 5) is 11.9. The van der Waals surface area contributed by atoms with E-state index < -0.39 is 5.60 Å². The van der Waals surface area contributed by atoms with Gasteiger partial charge < -0.3 is 4.74 Å². The van der Waals surface area contributed by atoms with Crippen molar-refractivity contribution in [3.8, 4) is 6.07 Å². The van der Waals surface area contributed by atoms with Crippen LogP contribution in [0.4, 0.5) is 10.5 Å². The molecule has 4 nitrogen and oxygen atoms in total. The van der Waals surface area contributed by atoms with Crippen molar-refractivity contribution < 1.29 is 9.53 Å². The highest BCUT2D eigenvalue weighted by Gasteiger charge is 2.42. The lowest BCUT2D eigenvalue weighted by Gasteiger charge is -2.41. The highest BCUT2D eigenvalue weighted by atomic mass is 16.6. The lowest BCUT2D eigenvalue weighted by molar-refractivity contribution is -0.0179. The predicted molar refractivity (Wildman–Crippen MR) is 85.2 cm³/mol. The van der Waals surface area contributed by atoms with Gasteiger partial charge >= 0.3 is 6.09 Å². The molecule has 1 heterocycles. The molecule has 1 aromatic carbocycles. The second-order valence-corrected chi connectivity index (χ2v) is 5.98. The Bertz CT molecular complexity index is 664. The maximum atomic E-state index is 11.9. The molecular weight excluding hydrogens is 276 g/mol. The van der Waals surface area contributed by atoms with Gasteiger partial charge in [0.2, 0.25) is 0 Å². The van der Waals surface area contributed by atoms with Crippen molar-refractivity contribution in [1.82, 2.24) is 0 Å². The molecule has 1 N–H and O–H groups in total. The Labute approximate surface area is 130 Å². The van der Waals surface area contributed by atoms with Crippen LogP contribution in [-0.4, -0.2) is 6.09 Å². The lowest BCUT2D eigenvalue weighted by atomic mass is 9.77. The van der Waals surface area contributed by atoms with Crippen LogP contribution in [0.2, 0.25) is 0 Å². The topological polar surface area (TPSA) is 62.1 Å². The van der Waals surface area contributed by atoms with Crippen LogP contribution in [0.15, 0.2) is 24.3 Å². The number of allylic oxidation sites excluding steroid dienone is 2. The fourth-order valence-electron chi connectivity index (χ4n) is 3.56. The highest BCUT2D eigenvalue weighted by Crippen LogP contribution is 2.46. The molecule has 0 bridgehead atoms. The van der Waals surface area contributed by atoms with E-state index in [1.165, 1.54) is 6.42 Å². The fraction of sp³-hybridized carbons (Fsp3) is 0.444. The van der Waals surface area contributed by atoms with E-state index in [0.717, 1.165) is 54.5 Å². The van der Waals surface area contributed by atoms with Crippen LogP contribution in [0.25, 0.3) is 5.57 Å². The summed E-state index contributed by atoms with van der Waals surface area (Å²) in [5, 5.41) is 11.7. The Kier molecular flexibility index (Phi) is 3.89. The maximum Gasteiger partial charge on any atom is 0.412 e. The first-order valence-electron chi connectivity index (χ1n) is 7.92. The lowest BCUT2D eigenvalue weighted by Crippen LogP contribution is -2.41. The van der Waals surface area contributed by atoms with E-state index >= 15 is 0 Å². The zero-order chi connectivity index (χ0) is 15.6. The molecule has 1 spiro atoms. The minimum atomic E-state index is -0.489. The van der Waals surface area contributed by atoms with Crippen molar-refractivity contribution in [2.75, 3.05) is 5.32 Å². The zero-order valence-electron chi connectivity index (χ0n) is 12.8. The summed E-state index contributed by atoms with van der Waals surface area (Å²) in [6.45, 7) is 2.04. The van der Waals surface area contributed by atoms with E-state index in [2.05, 4.69) is 17.5 Å². The molecule has 1 aromatic rings. The quantitative estimate of drug-likeness (QED) is 0.803. The number of hydrogen-bond donors (Lipinski definition) is 1. The minimum Gasteiger partial charge on any atom is -0.438 e. The number of ether oxygens (including phenoxy) is 1. The standard InChI is InChI=1S/C18H20N2O2/c1-2-13(8-11-19)14-6-7-16-15(12-14)18(22-17(21)20-16)9-4-3-5-10-18/h6-8,12H,2-5,9-10H2,1H3,(H,20,21)/b13-8-. The third-order valence-corrected chi connectivity index (χ3v) is 4.69. The van der Waals surface area contributed by atoms with Crippen LogP contribution in [0.1, 0.15) is 56.6 Å². The number of fused-ring (bicyclic) bond motifs is 2. The van der Waals surface area contributed by atoms with Gasteiger partial charge in [-0.25, -0.2) is 4.79 Å². The summed E-state index contributed by atoms with van der Waals surface area (Å²) >= 11 is 0. The van der Waals surface area contributed by atoms with Crippen LogP contribution in [0.5, 0.6) is 0 Å². The van der Waals surface area contributed by atoms with Crippen molar-refractivity contribution in [2.45, 2.75) is 51.0 Å². The minimum absolute atomic E-state index is 0.356. The van der Waals surface area contributed by atoms with Gasteiger partial charge in [0.15, 0.2) is 0 Å². The second kappa shape index (κ2) is 5.84. The zero-order valence-corrected chi connectivity index (χ0v) is 12.8. The summed E-state index contributed by atoms with van der Waals surface area (Å²) in [7, 11) is 0. The van der Waals surface area contributed by atoms with E-state index in [-0.39, 0.29) is 6.09 Å². The molecule has 0 atom stereocenters. The maximum absolute atomic E-state index is 11.9. The molecule has 1 aliphatic heterocycles. The molecule has 0 unspecified atom stereocenters. The van der Waals surface area contributed by atoms with Crippen LogP contribution < -0.4 is 5.32 Å². The molecule has 0 aromatic heterocycles. The summed E-state index contributed by atoms with van der Waals surface area (Å²) in [6, 6.07) is 8.10. The molecule has 2 aliphatic rings. The van der Waals surface area contributed by atoms with E-state index in [1.807, 2.05) is 19.1 Å². The molecule has 1 aliphatic carbocycles. The first-order chi connectivity index (χ1) is 10.7. The number of hydrogen-bond acceptors (Lipinski definition) is 3. The SMILES string of the molecule is CC/C(=C/C#N)c1ccc2c(c1)C1(CCCCC1)OC(=O)N2. The highest BCUT2D eigenvalue weighted by molar-refractivity contribution is 5.89. The summed E-state index contributed by atoms with van der Waals surface area (Å²) in [5.74, 6) is 0. The van der Waals surface area contributed by atoms with Gasteiger partial charge in [-0.05, 0) is 55.4 Å². The van der Waals surface area contributed by atoms with Crippen LogP contribution in [0, 0.1) is 11.3 Å². The molecule has 1 amide bonds. The number of carbonyl (C=O) groups excluding carboxylic acids is 1. The van der Waals surface area contributed by atoms with Crippen LogP contribution >= 0.6 is 0 Å². The third kappa shape index (κ3) is 2.48. The Morgan fingerprint density at radius 1 is 1.41 bits per heavy atom. The number of nitrogens with zero attached hydrogens (tertiary/aromatic N) is 1. The summed E-state index contributed by atoms with van der Waals surface area (Å²) in [5.41, 5.74) is 3.45. The van der Waals surface area contributed by atoms with Crippen LogP contribution in [-0.2, 0) is 10.3 Å². The van der Waals surface area contributed by atoms with E-state index in [4.69, 9.17) is 10.00 Å². The van der Waals surface area contributed by atoms with E-state index in [9.17, 15) is 4.79 Å². The van der Waals surface area contributed by atoms with Gasteiger partial charge in [-0.1, -0.05) is 19.4 Å². The van der Waals surface area contributed by atoms with Gasteiger partial charge in [0.25, 0.3) is 0 Å². The van der Waals surface area contributed by atoms with Crippen molar-refractivity contribution in [3.63, 3.8) is 0 Å². The number of anilines is 1. The number of nitrogens with one attached hydrogen (secondary N) is 1. The first-order valence-corrected chi connectivity index (χ1v) is 7.92. The van der Waals surface area contributed by atoms with Gasteiger partial charge in [0, 0.05) is 11.6 Å². The molecular formula is C18H20N2O2. The Morgan fingerprint density at radius 2 is 2.18 bits per heavy atom. The predicted octanol–water partition coefficient (Wildman–Crippen LogP) is 4.73. The van der Waals surface area contributed by atoms with Gasteiger partial charge in [-0.15, -0.1) is 0 Å². The fourth-order valence-corrected chi connectivity index (χ4v) is 3.56. The Morgan fingerprint density at radius 3 is 2.86 bits per heavy atom. The van der Waals surface area contributed by atoms with Gasteiger partial charge in [-0.2, -0.15) is 5.26 Å².